The largest absolute Gasteiger partial charge is 0.508 e. The van der Waals surface area contributed by atoms with Crippen molar-refractivity contribution >= 4 is 30.0 Å². The molecule has 1 saturated carbocycles. The maximum Gasteiger partial charge on any atom is 0.325 e. The van der Waals surface area contributed by atoms with Crippen molar-refractivity contribution in [3.8, 4) is 17.0 Å². The number of carbonyl (C=O) groups excluding carboxylic acids is 2. The van der Waals surface area contributed by atoms with Crippen LogP contribution >= 0.6 is 0 Å². The first-order valence-corrected chi connectivity index (χ1v) is 9.17. The van der Waals surface area contributed by atoms with Crippen LogP contribution < -0.4 is 16.0 Å². The van der Waals surface area contributed by atoms with Crippen molar-refractivity contribution in [1.82, 2.24) is 25.2 Å². The predicted molar refractivity (Wildman–Crippen MR) is 108 cm³/mol. The summed E-state index contributed by atoms with van der Waals surface area (Å²) in [5, 5.41) is 22.1. The van der Waals surface area contributed by atoms with Crippen LogP contribution in [0.3, 0.4) is 0 Å². The number of hydrogen-bond donors (Lipinski definition) is 4. The third kappa shape index (κ3) is 4.18. The quantitative estimate of drug-likeness (QED) is 0.478. The fourth-order valence-corrected chi connectivity index (χ4v) is 2.94. The van der Waals surface area contributed by atoms with E-state index in [1.54, 1.807) is 48.0 Å². The van der Waals surface area contributed by atoms with Gasteiger partial charge in [-0.2, -0.15) is 9.61 Å². The summed E-state index contributed by atoms with van der Waals surface area (Å²) in [7, 11) is 0. The Hall–Kier alpha value is -3.88. The molecule has 1 aliphatic carbocycles. The standard InChI is InChI=1S/C20H20N6O3/c1-12(23-20(29)21-11-27)8-14-10-22-26-18(24-15-4-5-15)9-17(25-19(14)26)13-2-6-16(28)7-3-13/h2-3,6-11,15,24,28H,4-5H2,1H3,(H2,21,23,27,29)/b12-8-. The Kier molecular flexibility index (Phi) is 4.86. The number of nitrogens with zero attached hydrogens (tertiary/aromatic N) is 3. The second-order valence-electron chi connectivity index (χ2n) is 6.87. The van der Waals surface area contributed by atoms with Crippen molar-refractivity contribution in [2.24, 2.45) is 0 Å². The minimum Gasteiger partial charge on any atom is -0.508 e. The van der Waals surface area contributed by atoms with Crippen LogP contribution in [0.5, 0.6) is 5.75 Å². The highest BCUT2D eigenvalue weighted by Crippen LogP contribution is 2.29. The normalized spacial score (nSPS) is 13.9. The van der Waals surface area contributed by atoms with Crippen molar-refractivity contribution in [2.75, 3.05) is 5.32 Å². The van der Waals surface area contributed by atoms with Gasteiger partial charge in [0, 0.05) is 28.9 Å². The molecule has 0 unspecified atom stereocenters. The number of fused-ring (bicyclic) bond motifs is 1. The minimum absolute atomic E-state index is 0.189. The molecule has 148 valence electrons. The Morgan fingerprint density at radius 3 is 2.72 bits per heavy atom. The van der Waals surface area contributed by atoms with E-state index >= 15 is 0 Å². The molecule has 0 radical (unpaired) electrons. The Morgan fingerprint density at radius 2 is 2.03 bits per heavy atom. The van der Waals surface area contributed by atoms with Crippen LogP contribution in [0.4, 0.5) is 10.6 Å². The van der Waals surface area contributed by atoms with E-state index < -0.39 is 6.03 Å². The van der Waals surface area contributed by atoms with Gasteiger partial charge in [0.25, 0.3) is 0 Å². The van der Waals surface area contributed by atoms with E-state index in [4.69, 9.17) is 4.98 Å². The zero-order valence-corrected chi connectivity index (χ0v) is 15.7. The summed E-state index contributed by atoms with van der Waals surface area (Å²) < 4.78 is 1.73. The lowest BCUT2D eigenvalue weighted by Gasteiger charge is -2.10. The van der Waals surface area contributed by atoms with E-state index in [0.29, 0.717) is 29.4 Å². The first-order chi connectivity index (χ1) is 14.0. The number of urea groups is 1. The Bertz CT molecular complexity index is 1100. The molecule has 0 atom stereocenters. The van der Waals surface area contributed by atoms with Gasteiger partial charge < -0.3 is 15.7 Å². The summed E-state index contributed by atoms with van der Waals surface area (Å²) >= 11 is 0. The molecule has 9 heteroatoms. The van der Waals surface area contributed by atoms with Crippen molar-refractivity contribution in [1.29, 1.82) is 0 Å². The van der Waals surface area contributed by atoms with Gasteiger partial charge in [-0.1, -0.05) is 0 Å². The topological polar surface area (TPSA) is 121 Å². The summed E-state index contributed by atoms with van der Waals surface area (Å²) in [6.07, 6.45) is 5.95. The summed E-state index contributed by atoms with van der Waals surface area (Å²) in [6.45, 7) is 1.71. The molecule has 9 nitrogen and oxygen atoms in total. The molecule has 0 spiro atoms. The lowest BCUT2D eigenvalue weighted by atomic mass is 10.1. The van der Waals surface area contributed by atoms with Crippen LogP contribution in [-0.4, -0.2) is 38.2 Å². The first kappa shape index (κ1) is 18.5. The Morgan fingerprint density at radius 1 is 1.28 bits per heavy atom. The average molecular weight is 392 g/mol. The van der Waals surface area contributed by atoms with E-state index in [9.17, 15) is 14.7 Å². The highest BCUT2D eigenvalue weighted by Gasteiger charge is 2.23. The van der Waals surface area contributed by atoms with Crippen LogP contribution in [0.2, 0.25) is 0 Å². The molecule has 1 fully saturated rings. The number of imide groups is 1. The van der Waals surface area contributed by atoms with Crippen LogP contribution in [-0.2, 0) is 4.79 Å². The lowest BCUT2D eigenvalue weighted by Crippen LogP contribution is -2.33. The number of benzene rings is 1. The number of allylic oxidation sites excluding steroid dienone is 1. The molecular formula is C20H20N6O3. The van der Waals surface area contributed by atoms with Gasteiger partial charge in [-0.05, 0) is 50.1 Å². The number of carbonyl (C=O) groups is 2. The zero-order valence-electron chi connectivity index (χ0n) is 15.7. The van der Waals surface area contributed by atoms with Crippen LogP contribution in [0.15, 0.2) is 42.2 Å². The molecule has 3 aromatic rings. The van der Waals surface area contributed by atoms with Gasteiger partial charge in [0.05, 0.1) is 11.9 Å². The Labute approximate surface area is 166 Å². The van der Waals surface area contributed by atoms with E-state index in [1.807, 2.05) is 11.4 Å². The van der Waals surface area contributed by atoms with Gasteiger partial charge >= 0.3 is 6.03 Å². The fourth-order valence-electron chi connectivity index (χ4n) is 2.94. The molecule has 3 amide bonds. The summed E-state index contributed by atoms with van der Waals surface area (Å²) in [5.41, 5.74) is 3.47. The monoisotopic (exact) mass is 392 g/mol. The number of hydrogen-bond acceptors (Lipinski definition) is 6. The first-order valence-electron chi connectivity index (χ1n) is 9.17. The molecule has 2 aromatic heterocycles. The second-order valence-corrected chi connectivity index (χ2v) is 6.87. The lowest BCUT2D eigenvalue weighted by molar-refractivity contribution is -0.108. The predicted octanol–water partition coefficient (Wildman–Crippen LogP) is 2.49. The van der Waals surface area contributed by atoms with E-state index in [2.05, 4.69) is 15.7 Å². The van der Waals surface area contributed by atoms with Crippen LogP contribution in [0.1, 0.15) is 25.3 Å². The number of aromatic hydroxyl groups is 1. The number of nitrogens with one attached hydrogen (secondary N) is 3. The third-order valence-corrected chi connectivity index (χ3v) is 4.46. The molecule has 0 aliphatic heterocycles. The van der Waals surface area contributed by atoms with E-state index in [0.717, 1.165) is 29.9 Å². The molecule has 1 aromatic carbocycles. The number of phenols is 1. The molecule has 4 N–H and O–H groups in total. The fraction of sp³-hybridized carbons (Fsp3) is 0.200. The number of aromatic nitrogens is 3. The Balaban J connectivity index is 1.76. The third-order valence-electron chi connectivity index (χ3n) is 4.46. The molecule has 1 aliphatic rings. The van der Waals surface area contributed by atoms with E-state index in [1.165, 1.54) is 0 Å². The number of amides is 3. The van der Waals surface area contributed by atoms with Gasteiger partial charge in [0.2, 0.25) is 6.41 Å². The van der Waals surface area contributed by atoms with Crippen LogP contribution in [0, 0.1) is 0 Å². The summed E-state index contributed by atoms with van der Waals surface area (Å²) in [6, 6.07) is 8.58. The second kappa shape index (κ2) is 7.63. The van der Waals surface area contributed by atoms with Crippen molar-refractivity contribution in [3.63, 3.8) is 0 Å². The summed E-state index contributed by atoms with van der Waals surface area (Å²) in [4.78, 5) is 26.7. The van der Waals surface area contributed by atoms with Crippen LogP contribution in [0.25, 0.3) is 23.0 Å². The number of anilines is 1. The average Bonchev–Trinajstić information content (AvgIpc) is 3.41. The smallest absolute Gasteiger partial charge is 0.325 e. The maximum atomic E-state index is 11.5. The van der Waals surface area contributed by atoms with Crippen molar-refractivity contribution < 1.29 is 14.7 Å². The molecule has 29 heavy (non-hydrogen) atoms. The molecular weight excluding hydrogens is 372 g/mol. The highest BCUT2D eigenvalue weighted by molar-refractivity contribution is 5.86. The van der Waals surface area contributed by atoms with Gasteiger partial charge in [-0.15, -0.1) is 0 Å². The zero-order chi connectivity index (χ0) is 20.4. The molecule has 4 rings (SSSR count). The van der Waals surface area contributed by atoms with E-state index in [-0.39, 0.29) is 5.75 Å². The maximum absolute atomic E-state index is 11.5. The van der Waals surface area contributed by atoms with Gasteiger partial charge in [0.15, 0.2) is 5.65 Å². The van der Waals surface area contributed by atoms with Gasteiger partial charge in [0.1, 0.15) is 11.6 Å². The van der Waals surface area contributed by atoms with Gasteiger partial charge in [-0.25, -0.2) is 9.78 Å². The van der Waals surface area contributed by atoms with Crippen molar-refractivity contribution in [2.45, 2.75) is 25.8 Å². The highest BCUT2D eigenvalue weighted by atomic mass is 16.3. The molecule has 0 bridgehead atoms. The van der Waals surface area contributed by atoms with Crippen molar-refractivity contribution in [3.05, 3.63) is 47.8 Å². The SMILES string of the molecule is C/C(=C/c1cnn2c(NC3CC3)cc(-c3ccc(O)cc3)nc12)NC(=O)NC=O. The number of rotatable bonds is 6. The molecule has 2 heterocycles. The molecule has 0 saturated heterocycles. The summed E-state index contributed by atoms with van der Waals surface area (Å²) in [5.74, 6) is 1.01. The minimum atomic E-state index is -0.612. The number of phenolic OH excluding ortho intramolecular Hbond substituents is 1. The van der Waals surface area contributed by atoms with Gasteiger partial charge in [-0.3, -0.25) is 10.1 Å².